The monoisotopic (exact) mass is 136 g/mol. The molecular weight excluding hydrogens is 126 g/mol. The summed E-state index contributed by atoms with van der Waals surface area (Å²) in [5.41, 5.74) is 0. The standard InChI is InChI=1S/C4H10BClO2/c1-3-7-5(6)8-4-2/h3-4H2,1-2H3. The van der Waals surface area contributed by atoms with Gasteiger partial charge in [-0.15, -0.1) is 11.5 Å². The van der Waals surface area contributed by atoms with Gasteiger partial charge >= 0.3 is 6.53 Å². The number of halogens is 1. The maximum Gasteiger partial charge on any atom is 0.571 e. The molecule has 0 N–H and O–H groups in total. The van der Waals surface area contributed by atoms with Crippen molar-refractivity contribution in [1.82, 2.24) is 0 Å². The Kier molecular flexibility index (Phi) is 5.60. The van der Waals surface area contributed by atoms with Crippen LogP contribution in [0.3, 0.4) is 0 Å². The van der Waals surface area contributed by atoms with E-state index >= 15 is 0 Å². The second-order valence-electron chi connectivity index (χ2n) is 1.19. The molecule has 0 aromatic heterocycles. The number of hydrogen-bond acceptors (Lipinski definition) is 2. The highest BCUT2D eigenvalue weighted by Gasteiger charge is 2.10. The Hall–Kier alpha value is 0.275. The minimum absolute atomic E-state index is 0.565. The van der Waals surface area contributed by atoms with Crippen molar-refractivity contribution in [3.8, 4) is 0 Å². The topological polar surface area (TPSA) is 18.5 Å². The molecule has 0 radical (unpaired) electrons. The summed E-state index contributed by atoms with van der Waals surface area (Å²) in [5, 5.41) is 0. The highest BCUT2D eigenvalue weighted by molar-refractivity contribution is 6.99. The van der Waals surface area contributed by atoms with Crippen molar-refractivity contribution in [3.05, 3.63) is 0 Å². The molecule has 0 saturated heterocycles. The Labute approximate surface area is 55.2 Å². The van der Waals surface area contributed by atoms with Gasteiger partial charge in [-0.2, -0.15) is 0 Å². The molecular formula is C4H10BClO2. The first-order chi connectivity index (χ1) is 3.81. The lowest BCUT2D eigenvalue weighted by molar-refractivity contribution is 0.232. The first-order valence-corrected chi connectivity index (χ1v) is 3.12. The summed E-state index contributed by atoms with van der Waals surface area (Å²) in [7, 11) is 0. The molecule has 0 aliphatic heterocycles. The van der Waals surface area contributed by atoms with E-state index < -0.39 is 6.53 Å². The zero-order chi connectivity index (χ0) is 6.41. The fraction of sp³-hybridized carbons (Fsp3) is 1.00. The van der Waals surface area contributed by atoms with E-state index in [0.717, 1.165) is 0 Å². The molecule has 0 amide bonds. The van der Waals surface area contributed by atoms with Crippen LogP contribution in [-0.2, 0) is 9.31 Å². The molecule has 48 valence electrons. The van der Waals surface area contributed by atoms with Crippen molar-refractivity contribution in [1.29, 1.82) is 0 Å². The van der Waals surface area contributed by atoms with Gasteiger partial charge in [0.2, 0.25) is 0 Å². The third-order valence-corrected chi connectivity index (χ3v) is 0.847. The lowest BCUT2D eigenvalue weighted by Crippen LogP contribution is -2.15. The molecule has 0 rings (SSSR count). The quantitative estimate of drug-likeness (QED) is 0.542. The van der Waals surface area contributed by atoms with Crippen LogP contribution in [0.25, 0.3) is 0 Å². The summed E-state index contributed by atoms with van der Waals surface area (Å²) < 4.78 is 9.65. The highest BCUT2D eigenvalue weighted by Crippen LogP contribution is 1.92. The van der Waals surface area contributed by atoms with E-state index in [-0.39, 0.29) is 0 Å². The van der Waals surface area contributed by atoms with Crippen molar-refractivity contribution in [3.63, 3.8) is 0 Å². The van der Waals surface area contributed by atoms with Gasteiger partial charge in [-0.05, 0) is 13.8 Å². The normalized spacial score (nSPS) is 9.38. The number of rotatable bonds is 4. The smallest absolute Gasteiger partial charge is 0.398 e. The van der Waals surface area contributed by atoms with Crippen molar-refractivity contribution in [2.75, 3.05) is 13.2 Å². The Bertz CT molecular complexity index is 47.3. The zero-order valence-corrected chi connectivity index (χ0v) is 5.94. The molecule has 0 aliphatic carbocycles. The Morgan fingerprint density at radius 3 is 1.88 bits per heavy atom. The molecule has 0 aliphatic rings. The molecule has 0 unspecified atom stereocenters. The van der Waals surface area contributed by atoms with E-state index in [0.29, 0.717) is 13.2 Å². The minimum Gasteiger partial charge on any atom is -0.398 e. The van der Waals surface area contributed by atoms with E-state index in [4.69, 9.17) is 20.8 Å². The largest absolute Gasteiger partial charge is 0.571 e. The summed E-state index contributed by atoms with van der Waals surface area (Å²) in [5.74, 6) is 0. The van der Waals surface area contributed by atoms with Gasteiger partial charge < -0.3 is 9.31 Å². The summed E-state index contributed by atoms with van der Waals surface area (Å²) in [4.78, 5) is 0. The zero-order valence-electron chi connectivity index (χ0n) is 5.19. The van der Waals surface area contributed by atoms with E-state index in [2.05, 4.69) is 0 Å². The SMILES string of the molecule is CCOB(Cl)OCC. The van der Waals surface area contributed by atoms with Crippen LogP contribution < -0.4 is 0 Å². The van der Waals surface area contributed by atoms with Gasteiger partial charge in [-0.1, -0.05) is 0 Å². The van der Waals surface area contributed by atoms with Crippen molar-refractivity contribution in [2.24, 2.45) is 0 Å². The predicted octanol–water partition coefficient (Wildman–Crippen LogP) is 1.28. The average Bonchev–Trinajstić information content (AvgIpc) is 1.68. The van der Waals surface area contributed by atoms with Gasteiger partial charge in [0.05, 0.1) is 0 Å². The third kappa shape index (κ3) is 4.43. The van der Waals surface area contributed by atoms with Crippen LogP contribution in [0.5, 0.6) is 0 Å². The van der Waals surface area contributed by atoms with Gasteiger partial charge in [0, 0.05) is 13.2 Å². The second-order valence-corrected chi connectivity index (χ2v) is 1.54. The van der Waals surface area contributed by atoms with Crippen LogP contribution in [0.2, 0.25) is 0 Å². The Balaban J connectivity index is 2.92. The maximum atomic E-state index is 5.44. The molecule has 0 heterocycles. The summed E-state index contributed by atoms with van der Waals surface area (Å²) in [6, 6.07) is 0. The fourth-order valence-corrected chi connectivity index (χ4v) is 0.562. The fourth-order valence-electron chi connectivity index (χ4n) is 0.310. The molecule has 0 atom stereocenters. The van der Waals surface area contributed by atoms with E-state index in [1.165, 1.54) is 0 Å². The van der Waals surface area contributed by atoms with Crippen LogP contribution in [0.4, 0.5) is 0 Å². The summed E-state index contributed by atoms with van der Waals surface area (Å²) in [6.45, 7) is 4.36. The third-order valence-electron chi connectivity index (χ3n) is 0.595. The van der Waals surface area contributed by atoms with Gasteiger partial charge in [0.15, 0.2) is 0 Å². The number of hydrogen-bond donors (Lipinski definition) is 0. The first-order valence-electron chi connectivity index (χ1n) is 2.68. The Morgan fingerprint density at radius 1 is 1.25 bits per heavy atom. The molecule has 4 heteroatoms. The van der Waals surface area contributed by atoms with Gasteiger partial charge in [-0.3, -0.25) is 0 Å². The summed E-state index contributed by atoms with van der Waals surface area (Å²) >= 11 is 5.44. The lowest BCUT2D eigenvalue weighted by atomic mass is 10.3. The van der Waals surface area contributed by atoms with E-state index in [9.17, 15) is 0 Å². The van der Waals surface area contributed by atoms with Gasteiger partial charge in [-0.25, -0.2) is 0 Å². The molecule has 0 spiro atoms. The van der Waals surface area contributed by atoms with Crippen LogP contribution in [0.1, 0.15) is 13.8 Å². The van der Waals surface area contributed by atoms with Gasteiger partial charge in [0.25, 0.3) is 0 Å². The molecule has 0 fully saturated rings. The first kappa shape index (κ1) is 8.27. The van der Waals surface area contributed by atoms with E-state index in [1.54, 1.807) is 0 Å². The molecule has 0 aromatic rings. The molecule has 0 bridgehead atoms. The molecule has 0 saturated carbocycles. The van der Waals surface area contributed by atoms with E-state index in [1.807, 2.05) is 13.8 Å². The van der Waals surface area contributed by atoms with Gasteiger partial charge in [0.1, 0.15) is 0 Å². The predicted molar refractivity (Wildman–Crippen MR) is 34.9 cm³/mol. The molecule has 0 aromatic carbocycles. The maximum absolute atomic E-state index is 5.44. The van der Waals surface area contributed by atoms with Crippen molar-refractivity contribution in [2.45, 2.75) is 13.8 Å². The highest BCUT2D eigenvalue weighted by atomic mass is 35.5. The van der Waals surface area contributed by atoms with Crippen LogP contribution in [0, 0.1) is 0 Å². The summed E-state index contributed by atoms with van der Waals surface area (Å²) in [6.07, 6.45) is 0. The Morgan fingerprint density at radius 2 is 1.62 bits per heavy atom. The average molecular weight is 136 g/mol. The lowest BCUT2D eigenvalue weighted by Gasteiger charge is -2.02. The van der Waals surface area contributed by atoms with Crippen molar-refractivity contribution >= 4 is 18.0 Å². The molecule has 2 nitrogen and oxygen atoms in total. The van der Waals surface area contributed by atoms with Crippen LogP contribution in [-0.4, -0.2) is 19.7 Å². The molecule has 8 heavy (non-hydrogen) atoms. The van der Waals surface area contributed by atoms with Crippen molar-refractivity contribution < 1.29 is 9.31 Å². The minimum atomic E-state index is -0.565. The van der Waals surface area contributed by atoms with Crippen LogP contribution in [0.15, 0.2) is 0 Å². The van der Waals surface area contributed by atoms with Crippen LogP contribution >= 0.6 is 11.5 Å². The second kappa shape index (κ2) is 5.41.